The van der Waals surface area contributed by atoms with Crippen LogP contribution in [0.1, 0.15) is 42.5 Å². The fourth-order valence-electron chi connectivity index (χ4n) is 4.86. The van der Waals surface area contributed by atoms with Gasteiger partial charge in [0.15, 0.2) is 0 Å². The molecule has 0 spiro atoms. The van der Waals surface area contributed by atoms with Crippen LogP contribution in [0.3, 0.4) is 0 Å². The molecule has 0 aliphatic carbocycles. The molecule has 4 rings (SSSR count). The summed E-state index contributed by atoms with van der Waals surface area (Å²) in [5.74, 6) is 0.561. The number of hydrogen-bond acceptors (Lipinski definition) is 4. The first-order valence-electron chi connectivity index (χ1n) is 10.7. The number of piperidine rings is 1. The van der Waals surface area contributed by atoms with Crippen LogP contribution in [-0.2, 0) is 16.1 Å². The summed E-state index contributed by atoms with van der Waals surface area (Å²) in [5, 5.41) is 0. The molecule has 0 radical (unpaired) electrons. The maximum Gasteiger partial charge on any atom is 0.278 e. The van der Waals surface area contributed by atoms with Gasteiger partial charge < -0.3 is 4.90 Å². The van der Waals surface area contributed by atoms with Gasteiger partial charge in [-0.2, -0.15) is 0 Å². The predicted molar refractivity (Wildman–Crippen MR) is 117 cm³/mol. The molecule has 2 amide bonds. The Morgan fingerprint density at radius 2 is 1.77 bits per heavy atom. The molecular formula is C25H29N3O2. The highest BCUT2D eigenvalue weighted by molar-refractivity contribution is 6.35. The van der Waals surface area contributed by atoms with Gasteiger partial charge in [-0.05, 0) is 54.9 Å². The molecule has 2 unspecified atom stereocenters. The highest BCUT2D eigenvalue weighted by Crippen LogP contribution is 2.36. The zero-order valence-corrected chi connectivity index (χ0v) is 18.2. The molecular weight excluding hydrogens is 374 g/mol. The van der Waals surface area contributed by atoms with Crippen LogP contribution in [0.5, 0.6) is 0 Å². The van der Waals surface area contributed by atoms with Gasteiger partial charge in [-0.25, -0.2) is 0 Å². The van der Waals surface area contributed by atoms with Crippen LogP contribution in [0, 0.1) is 25.7 Å². The number of aryl methyl sites for hydroxylation is 2. The second-order valence-electron chi connectivity index (χ2n) is 8.95. The van der Waals surface area contributed by atoms with Crippen molar-refractivity contribution in [3.8, 4) is 0 Å². The van der Waals surface area contributed by atoms with Crippen molar-refractivity contribution in [2.75, 3.05) is 13.1 Å². The largest absolute Gasteiger partial charge is 0.366 e. The lowest BCUT2D eigenvalue weighted by atomic mass is 9.90. The maximum atomic E-state index is 13.6. The monoisotopic (exact) mass is 403 g/mol. The molecule has 5 nitrogen and oxygen atoms in total. The number of hydrogen-bond donors (Lipinski definition) is 0. The summed E-state index contributed by atoms with van der Waals surface area (Å²) in [7, 11) is 0. The lowest BCUT2D eigenvalue weighted by Crippen LogP contribution is -2.41. The molecule has 5 heteroatoms. The highest BCUT2D eigenvalue weighted by atomic mass is 16.2. The molecule has 1 aromatic heterocycles. The second-order valence-corrected chi connectivity index (χ2v) is 8.95. The van der Waals surface area contributed by atoms with Crippen molar-refractivity contribution < 1.29 is 9.59 Å². The van der Waals surface area contributed by atoms with Gasteiger partial charge in [0, 0.05) is 25.5 Å². The minimum atomic E-state index is -0.211. The SMILES string of the molecule is Cc1ccc(C2=C(N3CC(C)CC(C)C3)C(=O)N(Cc3cccnc3)C2=O)c(C)c1. The van der Waals surface area contributed by atoms with E-state index in [0.717, 1.165) is 41.8 Å². The number of nitrogens with zero attached hydrogens (tertiary/aromatic N) is 3. The van der Waals surface area contributed by atoms with Crippen molar-refractivity contribution >= 4 is 17.4 Å². The van der Waals surface area contributed by atoms with E-state index < -0.39 is 0 Å². The van der Waals surface area contributed by atoms with Crippen molar-refractivity contribution in [1.29, 1.82) is 0 Å². The molecule has 2 aliphatic heterocycles. The normalized spacial score (nSPS) is 22.3. The summed E-state index contributed by atoms with van der Waals surface area (Å²) in [5.41, 5.74) is 4.97. The van der Waals surface area contributed by atoms with Gasteiger partial charge in [0.25, 0.3) is 11.8 Å². The number of likely N-dealkylation sites (tertiary alicyclic amines) is 1. The third-order valence-corrected chi connectivity index (χ3v) is 6.04. The van der Waals surface area contributed by atoms with E-state index in [1.807, 2.05) is 38.1 Å². The molecule has 2 aliphatic rings. The Morgan fingerprint density at radius 1 is 1.03 bits per heavy atom. The van der Waals surface area contributed by atoms with Crippen LogP contribution in [0.25, 0.3) is 5.57 Å². The number of rotatable bonds is 4. The van der Waals surface area contributed by atoms with Gasteiger partial charge in [0.2, 0.25) is 0 Å². The van der Waals surface area contributed by atoms with Gasteiger partial charge in [-0.15, -0.1) is 0 Å². The number of carbonyl (C=O) groups is 2. The van der Waals surface area contributed by atoms with E-state index >= 15 is 0 Å². The average Bonchev–Trinajstić information content (AvgIpc) is 2.93. The molecule has 1 saturated heterocycles. The number of benzene rings is 1. The lowest BCUT2D eigenvalue weighted by Gasteiger charge is -2.37. The fraction of sp³-hybridized carbons (Fsp3) is 0.400. The first-order valence-corrected chi connectivity index (χ1v) is 10.7. The van der Waals surface area contributed by atoms with Gasteiger partial charge in [0.1, 0.15) is 5.70 Å². The summed E-state index contributed by atoms with van der Waals surface area (Å²) >= 11 is 0. The van der Waals surface area contributed by atoms with Crippen LogP contribution in [0.2, 0.25) is 0 Å². The highest BCUT2D eigenvalue weighted by Gasteiger charge is 2.43. The maximum absolute atomic E-state index is 13.6. The Hall–Kier alpha value is -2.95. The molecule has 2 atom stereocenters. The Bertz CT molecular complexity index is 1000. The molecule has 0 bridgehead atoms. The van der Waals surface area contributed by atoms with Crippen LogP contribution in [0.4, 0.5) is 0 Å². The van der Waals surface area contributed by atoms with Crippen LogP contribution in [0.15, 0.2) is 48.4 Å². The molecule has 0 N–H and O–H groups in total. The minimum Gasteiger partial charge on any atom is -0.366 e. The van der Waals surface area contributed by atoms with E-state index in [9.17, 15) is 9.59 Å². The smallest absolute Gasteiger partial charge is 0.278 e. The van der Waals surface area contributed by atoms with Gasteiger partial charge >= 0.3 is 0 Å². The standard InChI is InChI=1S/C25H29N3O2/c1-16-7-8-21(19(4)11-16)22-23(27-13-17(2)10-18(3)14-27)25(30)28(24(22)29)15-20-6-5-9-26-12-20/h5-9,11-12,17-18H,10,13-15H2,1-4H3. The van der Waals surface area contributed by atoms with Crippen LogP contribution < -0.4 is 0 Å². The van der Waals surface area contributed by atoms with Crippen molar-refractivity contribution in [2.45, 2.75) is 40.7 Å². The van der Waals surface area contributed by atoms with E-state index in [-0.39, 0.29) is 18.4 Å². The lowest BCUT2D eigenvalue weighted by molar-refractivity contribution is -0.138. The topological polar surface area (TPSA) is 53.5 Å². The molecule has 2 aromatic rings. The molecule has 0 saturated carbocycles. The number of pyridine rings is 1. The predicted octanol–water partition coefficient (Wildman–Crippen LogP) is 3.96. The summed E-state index contributed by atoms with van der Waals surface area (Å²) in [6.45, 7) is 10.3. The van der Waals surface area contributed by atoms with Crippen molar-refractivity contribution in [3.63, 3.8) is 0 Å². The van der Waals surface area contributed by atoms with E-state index in [1.54, 1.807) is 12.4 Å². The minimum absolute atomic E-state index is 0.194. The van der Waals surface area contributed by atoms with Crippen molar-refractivity contribution in [3.05, 3.63) is 70.7 Å². The molecule has 1 aromatic carbocycles. The Kier molecular flexibility index (Phi) is 5.46. The van der Waals surface area contributed by atoms with Crippen LogP contribution in [-0.4, -0.2) is 39.7 Å². The molecule has 3 heterocycles. The number of aromatic nitrogens is 1. The molecule has 1 fully saturated rings. The van der Waals surface area contributed by atoms with E-state index in [1.165, 1.54) is 4.90 Å². The molecule has 156 valence electrons. The third kappa shape index (κ3) is 3.76. The van der Waals surface area contributed by atoms with Crippen molar-refractivity contribution in [1.82, 2.24) is 14.8 Å². The second kappa shape index (κ2) is 8.05. The van der Waals surface area contributed by atoms with E-state index in [2.05, 4.69) is 29.8 Å². The first kappa shape index (κ1) is 20.3. The van der Waals surface area contributed by atoms with Gasteiger partial charge in [-0.1, -0.05) is 43.7 Å². The number of imide groups is 1. The Morgan fingerprint density at radius 3 is 2.40 bits per heavy atom. The Balaban J connectivity index is 1.79. The van der Waals surface area contributed by atoms with Gasteiger partial charge in [-0.3, -0.25) is 19.5 Å². The van der Waals surface area contributed by atoms with Crippen LogP contribution >= 0.6 is 0 Å². The molecule has 30 heavy (non-hydrogen) atoms. The first-order chi connectivity index (χ1) is 14.3. The summed E-state index contributed by atoms with van der Waals surface area (Å²) in [6, 6.07) is 9.79. The summed E-state index contributed by atoms with van der Waals surface area (Å²) < 4.78 is 0. The fourth-order valence-corrected chi connectivity index (χ4v) is 4.86. The Labute approximate surface area is 178 Å². The summed E-state index contributed by atoms with van der Waals surface area (Å²) in [6.07, 6.45) is 4.54. The zero-order valence-electron chi connectivity index (χ0n) is 18.2. The number of carbonyl (C=O) groups excluding carboxylic acids is 2. The number of amides is 2. The van der Waals surface area contributed by atoms with E-state index in [0.29, 0.717) is 23.1 Å². The quantitative estimate of drug-likeness (QED) is 0.725. The average molecular weight is 404 g/mol. The van der Waals surface area contributed by atoms with Gasteiger partial charge in [0.05, 0.1) is 12.1 Å². The summed E-state index contributed by atoms with van der Waals surface area (Å²) in [4.78, 5) is 34.8. The van der Waals surface area contributed by atoms with E-state index in [4.69, 9.17) is 0 Å². The van der Waals surface area contributed by atoms with Crippen molar-refractivity contribution in [2.24, 2.45) is 11.8 Å². The third-order valence-electron chi connectivity index (χ3n) is 6.04. The zero-order chi connectivity index (χ0) is 21.4.